The van der Waals surface area contributed by atoms with Crippen LogP contribution < -0.4 is 5.32 Å². The minimum absolute atomic E-state index is 0.0142. The molecule has 1 N–H and O–H groups in total. The highest BCUT2D eigenvalue weighted by Crippen LogP contribution is 2.28. The average molecular weight is 353 g/mol. The van der Waals surface area contributed by atoms with Gasteiger partial charge in [0.15, 0.2) is 0 Å². The van der Waals surface area contributed by atoms with E-state index in [1.165, 1.54) is 10.3 Å². The maximum atomic E-state index is 12.3. The summed E-state index contributed by atoms with van der Waals surface area (Å²) in [4.78, 5) is 19.0. The molecule has 130 valence electrons. The van der Waals surface area contributed by atoms with Crippen LogP contribution in [-0.4, -0.2) is 29.4 Å². The number of nitrogens with zero attached hydrogens (tertiary/aromatic N) is 2. The SMILES string of the molecule is CCc1ccc(NC(=O)CN(C)[C@H](C)c2nc3ccccc3s2)cc1. The van der Waals surface area contributed by atoms with Gasteiger partial charge in [0.05, 0.1) is 22.8 Å². The van der Waals surface area contributed by atoms with Gasteiger partial charge in [-0.2, -0.15) is 0 Å². The van der Waals surface area contributed by atoms with E-state index in [0.717, 1.165) is 22.6 Å². The number of amides is 1. The molecule has 0 spiro atoms. The Balaban J connectivity index is 1.61. The van der Waals surface area contributed by atoms with Crippen LogP contribution in [0.15, 0.2) is 48.5 Å². The van der Waals surface area contributed by atoms with Crippen molar-refractivity contribution in [1.82, 2.24) is 9.88 Å². The van der Waals surface area contributed by atoms with E-state index < -0.39 is 0 Å². The van der Waals surface area contributed by atoms with Crippen LogP contribution in [0.25, 0.3) is 10.2 Å². The molecule has 1 aromatic heterocycles. The Bertz CT molecular complexity index is 824. The lowest BCUT2D eigenvalue weighted by Gasteiger charge is -2.22. The van der Waals surface area contributed by atoms with Gasteiger partial charge in [0.1, 0.15) is 5.01 Å². The first kappa shape index (κ1) is 17.6. The molecule has 25 heavy (non-hydrogen) atoms. The number of fused-ring (bicyclic) bond motifs is 1. The number of anilines is 1. The number of carbonyl (C=O) groups is 1. The molecule has 0 aliphatic rings. The fourth-order valence-corrected chi connectivity index (χ4v) is 3.73. The molecule has 0 saturated carbocycles. The minimum atomic E-state index is -0.0142. The molecule has 1 amide bonds. The van der Waals surface area contributed by atoms with E-state index in [0.29, 0.717) is 6.54 Å². The molecule has 3 aromatic rings. The predicted molar refractivity (Wildman–Crippen MR) is 105 cm³/mol. The Labute approximate surface area is 152 Å². The number of hydrogen-bond donors (Lipinski definition) is 1. The summed E-state index contributed by atoms with van der Waals surface area (Å²) in [5, 5.41) is 3.99. The maximum Gasteiger partial charge on any atom is 0.238 e. The number of rotatable bonds is 6. The zero-order valence-electron chi connectivity index (χ0n) is 14.8. The van der Waals surface area contributed by atoms with E-state index in [1.807, 2.05) is 54.4 Å². The topological polar surface area (TPSA) is 45.2 Å². The molecule has 0 saturated heterocycles. The number of aromatic nitrogens is 1. The Morgan fingerprint density at radius 2 is 1.92 bits per heavy atom. The number of hydrogen-bond acceptors (Lipinski definition) is 4. The van der Waals surface area contributed by atoms with Gasteiger partial charge in [-0.25, -0.2) is 4.98 Å². The highest BCUT2D eigenvalue weighted by atomic mass is 32.1. The number of thiazole rings is 1. The zero-order chi connectivity index (χ0) is 17.8. The van der Waals surface area contributed by atoms with E-state index in [4.69, 9.17) is 0 Å². The number of carbonyl (C=O) groups excluding carboxylic acids is 1. The van der Waals surface area contributed by atoms with Gasteiger partial charge in [0.25, 0.3) is 0 Å². The first-order valence-electron chi connectivity index (χ1n) is 8.51. The van der Waals surface area contributed by atoms with Crippen LogP contribution in [0.4, 0.5) is 5.69 Å². The second-order valence-corrected chi connectivity index (χ2v) is 7.27. The van der Waals surface area contributed by atoms with Crippen LogP contribution in [0, 0.1) is 0 Å². The van der Waals surface area contributed by atoms with Gasteiger partial charge in [0, 0.05) is 5.69 Å². The Morgan fingerprint density at radius 1 is 1.20 bits per heavy atom. The van der Waals surface area contributed by atoms with E-state index in [-0.39, 0.29) is 11.9 Å². The number of likely N-dealkylation sites (N-methyl/N-ethyl adjacent to an activating group) is 1. The van der Waals surface area contributed by atoms with Crippen molar-refractivity contribution >= 4 is 33.1 Å². The van der Waals surface area contributed by atoms with Crippen molar-refractivity contribution < 1.29 is 4.79 Å². The highest BCUT2D eigenvalue weighted by Gasteiger charge is 2.18. The Hall–Kier alpha value is -2.24. The summed E-state index contributed by atoms with van der Waals surface area (Å²) < 4.78 is 1.18. The van der Waals surface area contributed by atoms with Crippen LogP contribution in [0.5, 0.6) is 0 Å². The largest absolute Gasteiger partial charge is 0.325 e. The Kier molecular flexibility index (Phi) is 5.46. The summed E-state index contributed by atoms with van der Waals surface area (Å²) in [5.74, 6) is -0.0142. The molecule has 4 nitrogen and oxygen atoms in total. The minimum Gasteiger partial charge on any atom is -0.325 e. The van der Waals surface area contributed by atoms with Gasteiger partial charge >= 0.3 is 0 Å². The van der Waals surface area contributed by atoms with Crippen molar-refractivity contribution in [3.8, 4) is 0 Å². The molecule has 1 heterocycles. The fraction of sp³-hybridized carbons (Fsp3) is 0.300. The van der Waals surface area contributed by atoms with Crippen LogP contribution in [0.3, 0.4) is 0 Å². The van der Waals surface area contributed by atoms with Crippen molar-refractivity contribution in [2.75, 3.05) is 18.9 Å². The second kappa shape index (κ2) is 7.76. The van der Waals surface area contributed by atoms with Gasteiger partial charge in [0.2, 0.25) is 5.91 Å². The predicted octanol–water partition coefficient (Wildman–Crippen LogP) is 4.49. The third kappa shape index (κ3) is 4.24. The lowest BCUT2D eigenvalue weighted by atomic mass is 10.1. The molecule has 0 aliphatic carbocycles. The van der Waals surface area contributed by atoms with Crippen molar-refractivity contribution in [3.63, 3.8) is 0 Å². The third-order valence-corrected chi connectivity index (χ3v) is 5.57. The van der Waals surface area contributed by atoms with E-state index >= 15 is 0 Å². The zero-order valence-corrected chi connectivity index (χ0v) is 15.6. The lowest BCUT2D eigenvalue weighted by molar-refractivity contribution is -0.117. The molecule has 0 unspecified atom stereocenters. The molecule has 0 radical (unpaired) electrons. The van der Waals surface area contributed by atoms with Gasteiger partial charge in [-0.15, -0.1) is 11.3 Å². The van der Waals surface area contributed by atoms with Crippen LogP contribution in [0.1, 0.15) is 30.5 Å². The second-order valence-electron chi connectivity index (χ2n) is 6.21. The van der Waals surface area contributed by atoms with E-state index in [2.05, 4.69) is 30.2 Å². The van der Waals surface area contributed by atoms with Gasteiger partial charge in [-0.1, -0.05) is 31.2 Å². The lowest BCUT2D eigenvalue weighted by Crippen LogP contribution is -2.32. The van der Waals surface area contributed by atoms with Crippen LogP contribution >= 0.6 is 11.3 Å². The maximum absolute atomic E-state index is 12.3. The monoisotopic (exact) mass is 353 g/mol. The quantitative estimate of drug-likeness (QED) is 0.710. The summed E-state index contributed by atoms with van der Waals surface area (Å²) in [6.07, 6.45) is 0.997. The summed E-state index contributed by atoms with van der Waals surface area (Å²) in [6.45, 7) is 4.53. The van der Waals surface area contributed by atoms with Crippen LogP contribution in [0.2, 0.25) is 0 Å². The average Bonchev–Trinajstić information content (AvgIpc) is 3.05. The number of nitrogens with one attached hydrogen (secondary N) is 1. The van der Waals surface area contributed by atoms with Crippen molar-refractivity contribution in [2.45, 2.75) is 26.3 Å². The molecule has 2 aromatic carbocycles. The standard InChI is InChI=1S/C20H23N3OS/c1-4-15-9-11-16(12-10-15)21-19(24)13-23(3)14(2)20-22-17-7-5-6-8-18(17)25-20/h5-12,14H,4,13H2,1-3H3,(H,21,24)/t14-/m1/s1. The van der Waals surface area contributed by atoms with Crippen molar-refractivity contribution in [1.29, 1.82) is 0 Å². The fourth-order valence-electron chi connectivity index (χ4n) is 2.65. The van der Waals surface area contributed by atoms with Gasteiger partial charge < -0.3 is 5.32 Å². The Morgan fingerprint density at radius 3 is 2.60 bits per heavy atom. The molecule has 0 aliphatic heterocycles. The first-order chi connectivity index (χ1) is 12.1. The van der Waals surface area contributed by atoms with Gasteiger partial charge in [-0.3, -0.25) is 9.69 Å². The molecule has 5 heteroatoms. The summed E-state index contributed by atoms with van der Waals surface area (Å²) in [7, 11) is 1.95. The van der Waals surface area contributed by atoms with E-state index in [9.17, 15) is 4.79 Å². The summed E-state index contributed by atoms with van der Waals surface area (Å²) >= 11 is 1.68. The highest BCUT2D eigenvalue weighted by molar-refractivity contribution is 7.18. The van der Waals surface area contributed by atoms with Crippen molar-refractivity contribution in [3.05, 3.63) is 59.1 Å². The normalized spacial score (nSPS) is 12.5. The first-order valence-corrected chi connectivity index (χ1v) is 9.33. The molecule has 0 bridgehead atoms. The van der Waals surface area contributed by atoms with E-state index in [1.54, 1.807) is 11.3 Å². The van der Waals surface area contributed by atoms with Crippen LogP contribution in [-0.2, 0) is 11.2 Å². The number of aryl methyl sites for hydroxylation is 1. The number of para-hydroxylation sites is 1. The molecule has 1 atom stereocenters. The summed E-state index contributed by atoms with van der Waals surface area (Å²) in [5.41, 5.74) is 3.12. The van der Waals surface area contributed by atoms with Gasteiger partial charge in [-0.05, 0) is 50.2 Å². The summed E-state index contributed by atoms with van der Waals surface area (Å²) in [6, 6.07) is 16.2. The number of benzene rings is 2. The molecule has 0 fully saturated rings. The van der Waals surface area contributed by atoms with Crippen molar-refractivity contribution in [2.24, 2.45) is 0 Å². The molecular formula is C20H23N3OS. The molecular weight excluding hydrogens is 330 g/mol. The molecule has 3 rings (SSSR count). The third-order valence-electron chi connectivity index (χ3n) is 4.37. The smallest absolute Gasteiger partial charge is 0.238 e.